The predicted molar refractivity (Wildman–Crippen MR) is 153 cm³/mol. The first-order valence-corrected chi connectivity index (χ1v) is 14.2. The van der Waals surface area contributed by atoms with Crippen LogP contribution in [0.5, 0.6) is 0 Å². The van der Waals surface area contributed by atoms with Crippen LogP contribution in [0.3, 0.4) is 0 Å². The SMILES string of the molecule is CN[C@@H](CCCCNC(=O)CN1CCN(CC(=O)O)CCN(CC(=O)O)CCN(CC(=O)O)CC1)C(=O)C(C)(C)C. The molecule has 0 saturated carbocycles. The Labute approximate surface area is 243 Å². The van der Waals surface area contributed by atoms with Gasteiger partial charge in [-0.3, -0.25) is 43.6 Å². The highest BCUT2D eigenvalue weighted by Crippen LogP contribution is 2.19. The number of nitrogens with one attached hydrogen (secondary N) is 2. The Hall–Kier alpha value is -2.65. The Kier molecular flexibility index (Phi) is 16.6. The van der Waals surface area contributed by atoms with E-state index in [9.17, 15) is 39.3 Å². The van der Waals surface area contributed by atoms with E-state index in [0.29, 0.717) is 71.7 Å². The van der Waals surface area contributed by atoms with Crippen molar-refractivity contribution in [3.8, 4) is 0 Å². The van der Waals surface area contributed by atoms with Crippen molar-refractivity contribution in [3.05, 3.63) is 0 Å². The van der Waals surface area contributed by atoms with Crippen molar-refractivity contribution >= 4 is 29.6 Å². The van der Waals surface area contributed by atoms with Gasteiger partial charge in [0.15, 0.2) is 5.78 Å². The molecule has 0 aromatic rings. The summed E-state index contributed by atoms with van der Waals surface area (Å²) in [6.07, 6.45) is 2.16. The van der Waals surface area contributed by atoms with E-state index in [-0.39, 0.29) is 43.9 Å². The number of likely N-dealkylation sites (N-methyl/N-ethyl adjacent to an activating group) is 1. The minimum atomic E-state index is -1.01. The molecule has 14 nitrogen and oxygen atoms in total. The summed E-state index contributed by atoms with van der Waals surface area (Å²) >= 11 is 0. The van der Waals surface area contributed by atoms with Crippen LogP contribution in [-0.4, -0.2) is 163 Å². The molecule has 41 heavy (non-hydrogen) atoms. The lowest BCUT2D eigenvalue weighted by Crippen LogP contribution is -2.49. The summed E-state index contributed by atoms with van der Waals surface area (Å²) in [5.74, 6) is -3.03. The third kappa shape index (κ3) is 16.4. The van der Waals surface area contributed by atoms with Crippen LogP contribution in [0.15, 0.2) is 0 Å². The van der Waals surface area contributed by atoms with Crippen molar-refractivity contribution in [2.75, 3.05) is 92.1 Å². The third-order valence-electron chi connectivity index (χ3n) is 7.02. The molecule has 0 unspecified atom stereocenters. The third-order valence-corrected chi connectivity index (χ3v) is 7.02. The van der Waals surface area contributed by atoms with E-state index in [4.69, 9.17) is 0 Å². The zero-order valence-corrected chi connectivity index (χ0v) is 25.1. The van der Waals surface area contributed by atoms with Gasteiger partial charge in [0, 0.05) is 64.3 Å². The molecule has 1 aliphatic rings. The van der Waals surface area contributed by atoms with Crippen LogP contribution in [0.1, 0.15) is 40.0 Å². The van der Waals surface area contributed by atoms with Crippen LogP contribution in [0, 0.1) is 5.41 Å². The lowest BCUT2D eigenvalue weighted by molar-refractivity contribution is -0.140. The summed E-state index contributed by atoms with van der Waals surface area (Å²) in [7, 11) is 1.77. The zero-order chi connectivity index (χ0) is 31.0. The summed E-state index contributed by atoms with van der Waals surface area (Å²) in [4.78, 5) is 66.4. The molecule has 1 heterocycles. The van der Waals surface area contributed by atoms with Gasteiger partial charge in [0.1, 0.15) is 0 Å². The largest absolute Gasteiger partial charge is 0.480 e. The van der Waals surface area contributed by atoms with E-state index < -0.39 is 23.3 Å². The van der Waals surface area contributed by atoms with Crippen molar-refractivity contribution in [2.24, 2.45) is 5.41 Å². The molecule has 1 aliphatic heterocycles. The second-order valence-electron chi connectivity index (χ2n) is 11.6. The number of Topliss-reactive ketones (excluding diaryl/α,β-unsaturated/α-hetero) is 1. The maximum absolute atomic E-state index is 12.7. The number of amides is 1. The molecule has 0 radical (unpaired) electrons. The van der Waals surface area contributed by atoms with E-state index in [1.807, 2.05) is 25.7 Å². The number of carboxylic acid groups (broad SMARTS) is 3. The minimum Gasteiger partial charge on any atom is -0.480 e. The fourth-order valence-corrected chi connectivity index (χ4v) is 4.67. The molecule has 5 N–H and O–H groups in total. The molecule has 0 aromatic heterocycles. The van der Waals surface area contributed by atoms with Crippen molar-refractivity contribution in [3.63, 3.8) is 0 Å². The molecule has 1 fully saturated rings. The summed E-state index contributed by atoms with van der Waals surface area (Å²) in [6, 6.07) is -0.230. The number of unbranched alkanes of at least 4 members (excludes halogenated alkanes) is 1. The molecular weight excluding hydrogens is 536 g/mol. The first-order chi connectivity index (χ1) is 19.2. The highest BCUT2D eigenvalue weighted by atomic mass is 16.4. The summed E-state index contributed by atoms with van der Waals surface area (Å²) < 4.78 is 0. The monoisotopic (exact) mass is 586 g/mol. The van der Waals surface area contributed by atoms with Crippen LogP contribution in [0.25, 0.3) is 0 Å². The number of rotatable bonds is 15. The molecule has 1 rings (SSSR count). The van der Waals surface area contributed by atoms with Crippen LogP contribution in [-0.2, 0) is 24.0 Å². The van der Waals surface area contributed by atoms with Crippen molar-refractivity contribution in [2.45, 2.75) is 46.1 Å². The minimum absolute atomic E-state index is 0.0780. The maximum Gasteiger partial charge on any atom is 0.317 e. The Morgan fingerprint density at radius 1 is 0.659 bits per heavy atom. The Balaban J connectivity index is 2.75. The number of carbonyl (C=O) groups is 5. The van der Waals surface area contributed by atoms with Crippen LogP contribution >= 0.6 is 0 Å². The Morgan fingerprint density at radius 3 is 1.34 bits per heavy atom. The first-order valence-electron chi connectivity index (χ1n) is 14.2. The molecule has 0 bridgehead atoms. The van der Waals surface area contributed by atoms with Gasteiger partial charge in [-0.2, -0.15) is 0 Å². The molecule has 0 aromatic carbocycles. The maximum atomic E-state index is 12.7. The molecule has 1 amide bonds. The lowest BCUT2D eigenvalue weighted by Gasteiger charge is -2.32. The first kappa shape index (κ1) is 36.4. The molecule has 236 valence electrons. The average Bonchev–Trinajstić information content (AvgIpc) is 2.86. The number of hydrogen-bond donors (Lipinski definition) is 5. The molecule has 1 saturated heterocycles. The number of carboxylic acids is 3. The van der Waals surface area contributed by atoms with E-state index in [0.717, 1.165) is 6.42 Å². The Bertz CT molecular complexity index is 833. The fourth-order valence-electron chi connectivity index (χ4n) is 4.67. The predicted octanol–water partition coefficient (Wildman–Crippen LogP) is -1.05. The van der Waals surface area contributed by atoms with Gasteiger partial charge >= 0.3 is 17.9 Å². The van der Waals surface area contributed by atoms with Gasteiger partial charge < -0.3 is 26.0 Å². The van der Waals surface area contributed by atoms with Gasteiger partial charge in [-0.1, -0.05) is 20.8 Å². The van der Waals surface area contributed by atoms with E-state index in [1.165, 1.54) is 0 Å². The Morgan fingerprint density at radius 2 is 1.02 bits per heavy atom. The van der Waals surface area contributed by atoms with Gasteiger partial charge in [0.25, 0.3) is 0 Å². The van der Waals surface area contributed by atoms with Gasteiger partial charge in [-0.05, 0) is 26.3 Å². The number of hydrogen-bond acceptors (Lipinski definition) is 10. The van der Waals surface area contributed by atoms with Crippen molar-refractivity contribution in [1.82, 2.24) is 30.2 Å². The molecular formula is C27H50N6O8. The average molecular weight is 587 g/mol. The fraction of sp³-hybridized carbons (Fsp3) is 0.815. The van der Waals surface area contributed by atoms with Crippen molar-refractivity contribution in [1.29, 1.82) is 0 Å². The van der Waals surface area contributed by atoms with Crippen LogP contribution < -0.4 is 10.6 Å². The van der Waals surface area contributed by atoms with Gasteiger partial charge in [0.2, 0.25) is 5.91 Å². The highest BCUT2D eigenvalue weighted by Gasteiger charge is 2.28. The second kappa shape index (κ2) is 18.7. The lowest BCUT2D eigenvalue weighted by atomic mass is 9.85. The van der Waals surface area contributed by atoms with Gasteiger partial charge in [-0.25, -0.2) is 0 Å². The van der Waals surface area contributed by atoms with Crippen molar-refractivity contribution < 1.29 is 39.3 Å². The molecule has 0 spiro atoms. The number of carbonyl (C=O) groups excluding carboxylic acids is 2. The van der Waals surface area contributed by atoms with Gasteiger partial charge in [-0.15, -0.1) is 0 Å². The summed E-state index contributed by atoms with van der Waals surface area (Å²) in [5.41, 5.74) is -0.429. The number of ketones is 1. The summed E-state index contributed by atoms with van der Waals surface area (Å²) in [6.45, 7) is 8.34. The van der Waals surface area contributed by atoms with E-state index in [2.05, 4.69) is 10.6 Å². The molecule has 1 atom stereocenters. The second-order valence-corrected chi connectivity index (χ2v) is 11.6. The molecule has 0 aliphatic carbocycles. The summed E-state index contributed by atoms with van der Waals surface area (Å²) in [5, 5.41) is 33.9. The molecule has 14 heteroatoms. The van der Waals surface area contributed by atoms with Crippen LogP contribution in [0.4, 0.5) is 0 Å². The van der Waals surface area contributed by atoms with E-state index >= 15 is 0 Å². The number of nitrogens with zero attached hydrogens (tertiary/aromatic N) is 4. The van der Waals surface area contributed by atoms with Crippen LogP contribution in [0.2, 0.25) is 0 Å². The zero-order valence-electron chi connectivity index (χ0n) is 25.1. The number of aliphatic carboxylic acids is 3. The normalized spacial score (nSPS) is 18.1. The standard InChI is InChI=1S/C27H50N6O8/c1-27(2,3)26(41)21(28-4)7-5-6-8-29-22(34)17-30-9-11-31(18-23(35)36)13-15-33(20-25(39)40)16-14-32(12-10-30)19-24(37)38/h21,28H,5-20H2,1-4H3,(H,29,34)(H,35,36)(H,37,38)(H,39,40)/t21-/m0/s1. The van der Waals surface area contributed by atoms with E-state index in [1.54, 1.807) is 21.7 Å². The quantitative estimate of drug-likeness (QED) is 0.147. The topological polar surface area (TPSA) is 183 Å². The van der Waals surface area contributed by atoms with Gasteiger partial charge in [0.05, 0.1) is 32.2 Å². The smallest absolute Gasteiger partial charge is 0.317 e. The highest BCUT2D eigenvalue weighted by molar-refractivity contribution is 5.88.